The lowest BCUT2D eigenvalue weighted by Crippen LogP contribution is -1.93. The van der Waals surface area contributed by atoms with Crippen LogP contribution in [0.5, 0.6) is 0 Å². The summed E-state index contributed by atoms with van der Waals surface area (Å²) in [5.74, 6) is 0. The third-order valence-electron chi connectivity index (χ3n) is 10.3. The van der Waals surface area contributed by atoms with Gasteiger partial charge in [0.15, 0.2) is 0 Å². The topological polar surface area (TPSA) is 12.9 Å². The lowest BCUT2D eigenvalue weighted by molar-refractivity contribution is 1.33. The van der Waals surface area contributed by atoms with E-state index < -0.39 is 0 Å². The first-order valence-corrected chi connectivity index (χ1v) is 17.2. The molecule has 0 N–H and O–H groups in total. The average molecular weight is 634 g/mol. The highest BCUT2D eigenvalue weighted by molar-refractivity contribution is 6.27. The van der Waals surface area contributed by atoms with Gasteiger partial charge >= 0.3 is 0 Å². The highest BCUT2D eigenvalue weighted by Gasteiger charge is 2.20. The van der Waals surface area contributed by atoms with Crippen molar-refractivity contribution >= 4 is 53.9 Å². The number of hydrogen-bond acceptors (Lipinski definition) is 1. The Labute approximate surface area is 290 Å². The summed E-state index contributed by atoms with van der Waals surface area (Å²) in [6, 6.07) is 66.5. The smallest absolute Gasteiger partial charge is 0.0701 e. The average Bonchev–Trinajstić information content (AvgIpc) is 3.20. The molecule has 0 unspecified atom stereocenters. The number of benzene rings is 9. The molecule has 0 saturated carbocycles. The van der Waals surface area contributed by atoms with Gasteiger partial charge in [0, 0.05) is 11.8 Å². The molecule has 0 aliphatic carbocycles. The lowest BCUT2D eigenvalue weighted by Gasteiger charge is -2.21. The number of pyridine rings is 1. The maximum atomic E-state index is 4.57. The van der Waals surface area contributed by atoms with Crippen LogP contribution in [0.4, 0.5) is 0 Å². The maximum Gasteiger partial charge on any atom is 0.0701 e. The maximum absolute atomic E-state index is 4.57. The summed E-state index contributed by atoms with van der Waals surface area (Å²) in [5, 5.41) is 12.6. The van der Waals surface area contributed by atoms with E-state index in [0.717, 1.165) is 11.3 Å². The van der Waals surface area contributed by atoms with Crippen molar-refractivity contribution in [2.75, 3.05) is 0 Å². The second-order valence-electron chi connectivity index (χ2n) is 13.1. The van der Waals surface area contributed by atoms with E-state index in [9.17, 15) is 0 Å². The van der Waals surface area contributed by atoms with Gasteiger partial charge in [-0.15, -0.1) is 0 Å². The molecule has 232 valence electrons. The molecule has 0 fully saturated rings. The minimum atomic E-state index is 0.981. The van der Waals surface area contributed by atoms with Gasteiger partial charge in [0.1, 0.15) is 0 Å². The van der Waals surface area contributed by atoms with Gasteiger partial charge in [0.25, 0.3) is 0 Å². The Bertz CT molecular complexity index is 2900. The molecule has 0 aliphatic rings. The van der Waals surface area contributed by atoms with E-state index in [1.54, 1.807) is 0 Å². The standard InChI is InChI=1S/C49H31N/c1-3-15-37-33(12-1)14-11-21-41(37)48-42-19-7-8-20-43(42)49(45-31-36-13-2-4-16-38(36)39-17-5-6-18-40(39)45)44-28-27-35(30-46(44)48)32-23-25-34(26-24-32)47-22-9-10-29-50-47/h1-31H. The molecular weight excluding hydrogens is 603 g/mol. The molecule has 0 atom stereocenters. The Balaban J connectivity index is 1.32. The third kappa shape index (κ3) is 4.52. The predicted molar refractivity (Wildman–Crippen MR) is 214 cm³/mol. The molecule has 1 aromatic heterocycles. The Hall–Kier alpha value is -6.57. The lowest BCUT2D eigenvalue weighted by atomic mass is 9.82. The normalized spacial score (nSPS) is 11.6. The number of rotatable bonds is 4. The summed E-state index contributed by atoms with van der Waals surface area (Å²) in [4.78, 5) is 4.57. The molecular formula is C49H31N. The Morgan fingerprint density at radius 2 is 0.840 bits per heavy atom. The van der Waals surface area contributed by atoms with E-state index in [2.05, 4.69) is 175 Å². The first-order valence-electron chi connectivity index (χ1n) is 17.2. The number of aromatic nitrogens is 1. The van der Waals surface area contributed by atoms with Crippen LogP contribution in [-0.2, 0) is 0 Å². The second kappa shape index (κ2) is 11.5. The predicted octanol–water partition coefficient (Wildman–Crippen LogP) is 13.5. The van der Waals surface area contributed by atoms with E-state index in [1.807, 2.05) is 18.3 Å². The first kappa shape index (κ1) is 28.4. The van der Waals surface area contributed by atoms with Crippen molar-refractivity contribution in [3.63, 3.8) is 0 Å². The van der Waals surface area contributed by atoms with E-state index in [0.29, 0.717) is 0 Å². The van der Waals surface area contributed by atoms with Crippen LogP contribution in [0.3, 0.4) is 0 Å². The van der Waals surface area contributed by atoms with Gasteiger partial charge in [-0.2, -0.15) is 0 Å². The van der Waals surface area contributed by atoms with E-state index >= 15 is 0 Å². The van der Waals surface area contributed by atoms with Gasteiger partial charge in [-0.25, -0.2) is 0 Å². The molecule has 0 radical (unpaired) electrons. The molecule has 9 aromatic carbocycles. The van der Waals surface area contributed by atoms with Crippen molar-refractivity contribution in [2.45, 2.75) is 0 Å². The zero-order valence-corrected chi connectivity index (χ0v) is 27.3. The number of fused-ring (bicyclic) bond motifs is 6. The van der Waals surface area contributed by atoms with Gasteiger partial charge < -0.3 is 0 Å². The molecule has 0 bridgehead atoms. The fraction of sp³-hybridized carbons (Fsp3) is 0. The molecule has 10 rings (SSSR count). The van der Waals surface area contributed by atoms with E-state index in [4.69, 9.17) is 0 Å². The number of hydrogen-bond donors (Lipinski definition) is 0. The quantitative estimate of drug-likeness (QED) is 0.139. The van der Waals surface area contributed by atoms with Crippen LogP contribution in [0.2, 0.25) is 0 Å². The van der Waals surface area contributed by atoms with E-state index in [-0.39, 0.29) is 0 Å². The fourth-order valence-electron chi connectivity index (χ4n) is 8.01. The molecule has 0 spiro atoms. The van der Waals surface area contributed by atoms with Crippen molar-refractivity contribution in [3.8, 4) is 44.6 Å². The van der Waals surface area contributed by atoms with Gasteiger partial charge in [-0.3, -0.25) is 4.98 Å². The van der Waals surface area contributed by atoms with Crippen LogP contribution in [0.25, 0.3) is 98.5 Å². The molecule has 0 amide bonds. The van der Waals surface area contributed by atoms with Crippen molar-refractivity contribution < 1.29 is 0 Å². The first-order chi connectivity index (χ1) is 24.8. The van der Waals surface area contributed by atoms with Crippen molar-refractivity contribution in [2.24, 2.45) is 0 Å². The fourth-order valence-corrected chi connectivity index (χ4v) is 8.01. The highest BCUT2D eigenvalue weighted by Crippen LogP contribution is 2.48. The van der Waals surface area contributed by atoms with Crippen LogP contribution >= 0.6 is 0 Å². The summed E-state index contributed by atoms with van der Waals surface area (Å²) in [6.45, 7) is 0. The van der Waals surface area contributed by atoms with Crippen LogP contribution < -0.4 is 0 Å². The molecule has 0 saturated heterocycles. The summed E-state index contributed by atoms with van der Waals surface area (Å²) in [5.41, 5.74) is 9.53. The van der Waals surface area contributed by atoms with Crippen LogP contribution in [-0.4, -0.2) is 4.98 Å². The van der Waals surface area contributed by atoms with E-state index in [1.165, 1.54) is 87.2 Å². The second-order valence-corrected chi connectivity index (χ2v) is 13.1. The SMILES string of the molecule is c1ccc(-c2ccc(-c3ccc4c(-c5cc6ccccc6c6ccccc56)c5ccccc5c(-c5cccc6ccccc56)c4c3)cc2)nc1. The molecule has 0 aliphatic heterocycles. The molecule has 1 heterocycles. The number of nitrogens with zero attached hydrogens (tertiary/aromatic N) is 1. The van der Waals surface area contributed by atoms with Crippen molar-refractivity contribution in [1.29, 1.82) is 0 Å². The monoisotopic (exact) mass is 633 g/mol. The van der Waals surface area contributed by atoms with Crippen LogP contribution in [0.1, 0.15) is 0 Å². The Kier molecular flexibility index (Phi) is 6.57. The Morgan fingerprint density at radius 3 is 1.60 bits per heavy atom. The Morgan fingerprint density at radius 1 is 0.280 bits per heavy atom. The molecule has 1 heteroatoms. The minimum Gasteiger partial charge on any atom is -0.256 e. The largest absolute Gasteiger partial charge is 0.256 e. The van der Waals surface area contributed by atoms with Crippen molar-refractivity contribution in [3.05, 3.63) is 188 Å². The van der Waals surface area contributed by atoms with Crippen molar-refractivity contribution in [1.82, 2.24) is 4.98 Å². The van der Waals surface area contributed by atoms with Crippen LogP contribution in [0.15, 0.2) is 188 Å². The molecule has 10 aromatic rings. The summed E-state index contributed by atoms with van der Waals surface area (Å²) >= 11 is 0. The van der Waals surface area contributed by atoms with Gasteiger partial charge in [-0.05, 0) is 112 Å². The van der Waals surface area contributed by atoms with Gasteiger partial charge in [-0.1, -0.05) is 158 Å². The van der Waals surface area contributed by atoms with Crippen LogP contribution in [0, 0.1) is 0 Å². The minimum absolute atomic E-state index is 0.981. The summed E-state index contributed by atoms with van der Waals surface area (Å²) in [7, 11) is 0. The van der Waals surface area contributed by atoms with Gasteiger partial charge in [0.2, 0.25) is 0 Å². The molecule has 50 heavy (non-hydrogen) atoms. The highest BCUT2D eigenvalue weighted by atomic mass is 14.7. The summed E-state index contributed by atoms with van der Waals surface area (Å²) < 4.78 is 0. The molecule has 1 nitrogen and oxygen atoms in total. The zero-order valence-electron chi connectivity index (χ0n) is 27.3. The summed E-state index contributed by atoms with van der Waals surface area (Å²) in [6.07, 6.45) is 1.85. The third-order valence-corrected chi connectivity index (χ3v) is 10.3. The zero-order chi connectivity index (χ0) is 33.0. The van der Waals surface area contributed by atoms with Gasteiger partial charge in [0.05, 0.1) is 5.69 Å².